The first kappa shape index (κ1) is 11.3. The zero-order valence-corrected chi connectivity index (χ0v) is 10.0. The molecule has 0 spiro atoms. The van der Waals surface area contributed by atoms with Crippen LogP contribution in [0.25, 0.3) is 11.3 Å². The van der Waals surface area contributed by atoms with E-state index in [-0.39, 0.29) is 0 Å². The molecule has 0 aliphatic rings. The number of hydrazine groups is 1. The van der Waals surface area contributed by atoms with Gasteiger partial charge in [0.05, 0.1) is 15.7 Å². The number of nitrogen functional groups attached to an aromatic ring is 1. The zero-order valence-electron chi connectivity index (χ0n) is 8.51. The molecule has 1 heterocycles. The normalized spacial score (nSPS) is 10.5. The summed E-state index contributed by atoms with van der Waals surface area (Å²) in [5, 5.41) is 1.03. The molecule has 6 heteroatoms. The van der Waals surface area contributed by atoms with E-state index in [0.717, 1.165) is 17.0 Å². The number of anilines is 1. The van der Waals surface area contributed by atoms with Crippen LogP contribution < -0.4 is 11.3 Å². The highest BCUT2D eigenvalue weighted by Crippen LogP contribution is 2.29. The third-order valence-corrected chi connectivity index (χ3v) is 2.95. The highest BCUT2D eigenvalue weighted by atomic mass is 35.5. The van der Waals surface area contributed by atoms with E-state index in [1.807, 2.05) is 13.0 Å². The second-order valence-corrected chi connectivity index (χ2v) is 4.15. The van der Waals surface area contributed by atoms with Crippen LogP contribution >= 0.6 is 23.2 Å². The van der Waals surface area contributed by atoms with Gasteiger partial charge in [-0.15, -0.1) is 0 Å². The van der Waals surface area contributed by atoms with Gasteiger partial charge in [-0.05, 0) is 19.1 Å². The van der Waals surface area contributed by atoms with Crippen LogP contribution in [-0.4, -0.2) is 9.97 Å². The average molecular weight is 257 g/mol. The van der Waals surface area contributed by atoms with Crippen LogP contribution in [0.2, 0.25) is 10.0 Å². The van der Waals surface area contributed by atoms with Crippen LogP contribution in [0.4, 0.5) is 5.95 Å². The molecule has 4 nitrogen and oxygen atoms in total. The molecule has 1 aromatic carbocycles. The number of hydrogen-bond acceptors (Lipinski definition) is 3. The minimum atomic E-state index is 0.504. The van der Waals surface area contributed by atoms with Crippen LogP contribution in [0, 0.1) is 6.92 Å². The Hall–Kier alpha value is -1.23. The van der Waals surface area contributed by atoms with Crippen molar-refractivity contribution in [1.29, 1.82) is 0 Å². The third-order valence-electron chi connectivity index (χ3n) is 2.21. The molecule has 2 rings (SSSR count). The van der Waals surface area contributed by atoms with Crippen LogP contribution in [0.3, 0.4) is 0 Å². The van der Waals surface area contributed by atoms with Crippen LogP contribution in [-0.2, 0) is 0 Å². The number of nitrogens with two attached hydrogens (primary N) is 1. The molecule has 0 unspecified atom stereocenters. The van der Waals surface area contributed by atoms with Crippen molar-refractivity contribution in [3.8, 4) is 11.3 Å². The SMILES string of the molecule is Cc1[nH]c(NN)nc1-c1ccc(Cl)c(Cl)c1. The van der Waals surface area contributed by atoms with E-state index < -0.39 is 0 Å². The number of rotatable bonds is 2. The molecule has 0 aliphatic heterocycles. The second kappa shape index (κ2) is 4.33. The number of halogens is 2. The van der Waals surface area contributed by atoms with E-state index in [1.165, 1.54) is 0 Å². The van der Waals surface area contributed by atoms with Crippen molar-refractivity contribution in [3.63, 3.8) is 0 Å². The number of nitrogens with one attached hydrogen (secondary N) is 2. The fraction of sp³-hybridized carbons (Fsp3) is 0.100. The summed E-state index contributed by atoms with van der Waals surface area (Å²) in [5.74, 6) is 5.79. The Morgan fingerprint density at radius 2 is 2.06 bits per heavy atom. The Labute approximate surface area is 103 Å². The third kappa shape index (κ3) is 2.00. The molecule has 0 amide bonds. The van der Waals surface area contributed by atoms with Crippen LogP contribution in [0.15, 0.2) is 18.2 Å². The van der Waals surface area contributed by atoms with Gasteiger partial charge in [-0.1, -0.05) is 29.3 Å². The summed E-state index contributed by atoms with van der Waals surface area (Å²) in [6.45, 7) is 1.91. The molecule has 0 saturated heterocycles. The highest BCUT2D eigenvalue weighted by molar-refractivity contribution is 6.42. The second-order valence-electron chi connectivity index (χ2n) is 3.33. The lowest BCUT2D eigenvalue weighted by Gasteiger charge is -2.00. The molecule has 0 atom stereocenters. The Morgan fingerprint density at radius 3 is 2.62 bits per heavy atom. The molecule has 0 bridgehead atoms. The lowest BCUT2D eigenvalue weighted by atomic mass is 10.1. The van der Waals surface area contributed by atoms with Gasteiger partial charge in [0.1, 0.15) is 0 Å². The van der Waals surface area contributed by atoms with Crippen LogP contribution in [0.1, 0.15) is 5.69 Å². The van der Waals surface area contributed by atoms with Crippen molar-refractivity contribution in [3.05, 3.63) is 33.9 Å². The van der Waals surface area contributed by atoms with E-state index in [1.54, 1.807) is 12.1 Å². The Kier molecular flexibility index (Phi) is 3.05. The first-order valence-electron chi connectivity index (χ1n) is 4.60. The number of benzene rings is 1. The number of aromatic amines is 1. The fourth-order valence-electron chi connectivity index (χ4n) is 1.45. The lowest BCUT2D eigenvalue weighted by Crippen LogP contribution is -2.07. The van der Waals surface area contributed by atoms with E-state index in [4.69, 9.17) is 29.0 Å². The van der Waals surface area contributed by atoms with E-state index in [9.17, 15) is 0 Å². The average Bonchev–Trinajstić information content (AvgIpc) is 2.64. The monoisotopic (exact) mass is 256 g/mol. The Balaban J connectivity index is 2.49. The minimum Gasteiger partial charge on any atom is -0.327 e. The summed E-state index contributed by atoms with van der Waals surface area (Å²) in [5.41, 5.74) is 5.06. The molecule has 1 aromatic heterocycles. The summed E-state index contributed by atoms with van der Waals surface area (Å²) in [6, 6.07) is 5.37. The Bertz CT molecular complexity index is 522. The van der Waals surface area contributed by atoms with Crippen molar-refractivity contribution < 1.29 is 0 Å². The summed E-state index contributed by atoms with van der Waals surface area (Å²) >= 11 is 11.8. The first-order chi connectivity index (χ1) is 7.61. The summed E-state index contributed by atoms with van der Waals surface area (Å²) in [6.07, 6.45) is 0. The van der Waals surface area contributed by atoms with Gasteiger partial charge in [-0.3, -0.25) is 5.43 Å². The van der Waals surface area contributed by atoms with Gasteiger partial charge in [-0.25, -0.2) is 10.8 Å². The van der Waals surface area contributed by atoms with Gasteiger partial charge in [0.15, 0.2) is 0 Å². The quantitative estimate of drug-likeness (QED) is 0.572. The maximum absolute atomic E-state index is 5.95. The summed E-state index contributed by atoms with van der Waals surface area (Å²) < 4.78 is 0. The predicted molar refractivity (Wildman–Crippen MR) is 66.6 cm³/mol. The van der Waals surface area contributed by atoms with Crippen molar-refractivity contribution in [2.45, 2.75) is 6.92 Å². The molecule has 0 saturated carbocycles. The van der Waals surface area contributed by atoms with Gasteiger partial charge in [0.2, 0.25) is 5.95 Å². The molecule has 0 radical (unpaired) electrons. The topological polar surface area (TPSA) is 66.7 Å². The van der Waals surface area contributed by atoms with E-state index >= 15 is 0 Å². The first-order valence-corrected chi connectivity index (χ1v) is 5.36. The lowest BCUT2D eigenvalue weighted by molar-refractivity contribution is 1.18. The van der Waals surface area contributed by atoms with E-state index in [2.05, 4.69) is 15.4 Å². The summed E-state index contributed by atoms with van der Waals surface area (Å²) in [4.78, 5) is 7.28. The van der Waals surface area contributed by atoms with Gasteiger partial charge >= 0.3 is 0 Å². The minimum absolute atomic E-state index is 0.504. The molecular weight excluding hydrogens is 247 g/mol. The molecular formula is C10H10Cl2N4. The zero-order chi connectivity index (χ0) is 11.7. The molecule has 2 aromatic rings. The maximum atomic E-state index is 5.95. The van der Waals surface area contributed by atoms with Gasteiger partial charge in [-0.2, -0.15) is 0 Å². The summed E-state index contributed by atoms with van der Waals surface area (Å²) in [7, 11) is 0. The molecule has 84 valence electrons. The fourth-order valence-corrected chi connectivity index (χ4v) is 1.75. The number of aryl methyl sites for hydroxylation is 1. The Morgan fingerprint density at radius 1 is 1.31 bits per heavy atom. The predicted octanol–water partition coefficient (Wildman–Crippen LogP) is 2.98. The van der Waals surface area contributed by atoms with Gasteiger partial charge in [0, 0.05) is 11.3 Å². The molecule has 0 fully saturated rings. The number of nitrogens with zero attached hydrogens (tertiary/aromatic N) is 1. The molecule has 4 N–H and O–H groups in total. The van der Waals surface area contributed by atoms with Crippen molar-refractivity contribution in [1.82, 2.24) is 9.97 Å². The van der Waals surface area contributed by atoms with Crippen molar-refractivity contribution in [2.75, 3.05) is 5.43 Å². The largest absolute Gasteiger partial charge is 0.327 e. The van der Waals surface area contributed by atoms with E-state index in [0.29, 0.717) is 16.0 Å². The smallest absolute Gasteiger partial charge is 0.215 e. The van der Waals surface area contributed by atoms with Gasteiger partial charge < -0.3 is 4.98 Å². The molecule has 16 heavy (non-hydrogen) atoms. The number of hydrogen-bond donors (Lipinski definition) is 3. The van der Waals surface area contributed by atoms with Crippen molar-refractivity contribution in [2.24, 2.45) is 5.84 Å². The van der Waals surface area contributed by atoms with Crippen LogP contribution in [0.5, 0.6) is 0 Å². The molecule has 0 aliphatic carbocycles. The van der Waals surface area contributed by atoms with Crippen molar-refractivity contribution >= 4 is 29.2 Å². The highest BCUT2D eigenvalue weighted by Gasteiger charge is 2.09. The standard InChI is InChI=1S/C10H10Cl2N4/c1-5-9(15-10(14-5)16-13)6-2-3-7(11)8(12)4-6/h2-4H,13H2,1H3,(H2,14,15,16). The number of imidazole rings is 1. The maximum Gasteiger partial charge on any atom is 0.215 e. The van der Waals surface area contributed by atoms with Gasteiger partial charge in [0.25, 0.3) is 0 Å². The number of aromatic nitrogens is 2. The number of H-pyrrole nitrogens is 1.